The van der Waals surface area contributed by atoms with Gasteiger partial charge in [-0.3, -0.25) is 9.59 Å². The topological polar surface area (TPSA) is 58.2 Å². The lowest BCUT2D eigenvalue weighted by Gasteiger charge is -2.27. The Bertz CT molecular complexity index is 1170. The van der Waals surface area contributed by atoms with Crippen LogP contribution in [0.25, 0.3) is 0 Å². The molecule has 0 saturated carbocycles. The average molecular weight is 452 g/mol. The van der Waals surface area contributed by atoms with Gasteiger partial charge in [0.2, 0.25) is 0 Å². The first-order chi connectivity index (χ1) is 16.2. The molecule has 0 bridgehead atoms. The molecule has 5 heteroatoms. The molecule has 4 nitrogen and oxygen atoms in total. The molecule has 0 aromatic heterocycles. The van der Waals surface area contributed by atoms with Crippen LogP contribution in [-0.4, -0.2) is 18.9 Å². The molecule has 164 valence electrons. The van der Waals surface area contributed by atoms with Crippen LogP contribution in [0.2, 0.25) is 0 Å². The molecule has 0 aliphatic rings. The molecule has 0 radical (unpaired) electrons. The minimum absolute atomic E-state index is 0.468. The van der Waals surface area contributed by atoms with Crippen LogP contribution in [0.15, 0.2) is 115 Å². The third-order valence-corrected chi connectivity index (χ3v) is 7.88. The Hall–Kier alpha value is -3.75. The van der Waals surface area contributed by atoms with Crippen LogP contribution in [-0.2, 0) is 9.59 Å². The Morgan fingerprint density at radius 2 is 1.12 bits per heavy atom. The first-order valence-corrected chi connectivity index (χ1v) is 12.1. The molecule has 4 rings (SSSR count). The molecular weight excluding hydrogens is 427 g/mol. The van der Waals surface area contributed by atoms with Crippen LogP contribution >= 0.6 is 7.92 Å². The summed E-state index contributed by atoms with van der Waals surface area (Å²) in [6, 6.07) is 38.3. The Kier molecular flexibility index (Phi) is 7.29. The van der Waals surface area contributed by atoms with E-state index < -0.39 is 25.8 Å². The molecular formula is C28H25N2O2P. The zero-order valence-corrected chi connectivity index (χ0v) is 19.2. The van der Waals surface area contributed by atoms with Crippen molar-refractivity contribution in [3.05, 3.63) is 126 Å². The fourth-order valence-electron chi connectivity index (χ4n) is 3.81. The second-order valence-corrected chi connectivity index (χ2v) is 9.65. The molecule has 0 unspecified atom stereocenters. The van der Waals surface area contributed by atoms with Gasteiger partial charge >= 0.3 is 11.8 Å². The highest BCUT2D eigenvalue weighted by molar-refractivity contribution is 7.79. The number of nitrogens with one attached hydrogen (secondary N) is 2. The maximum Gasteiger partial charge on any atom is 0.310 e. The molecule has 2 N–H and O–H groups in total. The molecule has 0 saturated heterocycles. The maximum atomic E-state index is 12.6. The van der Waals surface area contributed by atoms with Gasteiger partial charge in [-0.15, -0.1) is 0 Å². The first kappa shape index (κ1) is 22.4. The van der Waals surface area contributed by atoms with E-state index in [-0.39, 0.29) is 0 Å². The summed E-state index contributed by atoms with van der Waals surface area (Å²) in [6.45, 7) is 0. The number of carbonyl (C=O) groups excluding carboxylic acids is 2. The first-order valence-electron chi connectivity index (χ1n) is 10.8. The summed E-state index contributed by atoms with van der Waals surface area (Å²) in [5, 5.41) is 8.94. The van der Waals surface area contributed by atoms with Crippen molar-refractivity contribution in [2.45, 2.75) is 6.04 Å². The molecule has 0 aliphatic carbocycles. The van der Waals surface area contributed by atoms with Crippen LogP contribution in [0.1, 0.15) is 17.2 Å². The van der Waals surface area contributed by atoms with E-state index in [0.717, 1.165) is 16.4 Å². The van der Waals surface area contributed by atoms with E-state index in [2.05, 4.69) is 65.2 Å². The second kappa shape index (κ2) is 10.7. The SMILES string of the molecule is CNC(=O)C(=O)N[C@H](c1ccccc1)c1ccccc1P(c1ccccc1)c1ccccc1. The monoisotopic (exact) mass is 452 g/mol. The van der Waals surface area contributed by atoms with Gasteiger partial charge in [0, 0.05) is 7.05 Å². The van der Waals surface area contributed by atoms with E-state index in [0.29, 0.717) is 0 Å². The van der Waals surface area contributed by atoms with Gasteiger partial charge in [0.1, 0.15) is 0 Å². The smallest absolute Gasteiger partial charge is 0.310 e. The number of amides is 2. The van der Waals surface area contributed by atoms with Crippen LogP contribution in [0, 0.1) is 0 Å². The third kappa shape index (κ3) is 5.19. The highest BCUT2D eigenvalue weighted by Gasteiger charge is 2.26. The molecule has 2 amide bonds. The van der Waals surface area contributed by atoms with Crippen molar-refractivity contribution in [1.29, 1.82) is 0 Å². The Labute approximate surface area is 195 Å². The summed E-state index contributed by atoms with van der Waals surface area (Å²) in [7, 11) is 0.570. The van der Waals surface area contributed by atoms with Crippen molar-refractivity contribution in [1.82, 2.24) is 10.6 Å². The number of benzene rings is 4. The standard InChI is InChI=1S/C28H25N2O2P/c1-29-27(31)28(32)30-26(21-13-5-2-6-14-21)24-19-11-12-20-25(24)33(22-15-7-3-8-16-22)23-17-9-4-10-18-23/h2-20,26H,1H3,(H,29,31)(H,30,32)/t26-/m1/s1. The van der Waals surface area contributed by atoms with E-state index in [1.807, 2.05) is 60.7 Å². The zero-order valence-electron chi connectivity index (χ0n) is 18.3. The van der Waals surface area contributed by atoms with Crippen molar-refractivity contribution in [3.63, 3.8) is 0 Å². The minimum atomic E-state index is -0.885. The number of likely N-dealkylation sites (N-methyl/N-ethyl adjacent to an activating group) is 1. The highest BCUT2D eigenvalue weighted by atomic mass is 31.1. The predicted molar refractivity (Wildman–Crippen MR) is 136 cm³/mol. The highest BCUT2D eigenvalue weighted by Crippen LogP contribution is 2.36. The Morgan fingerprint density at radius 3 is 1.67 bits per heavy atom. The van der Waals surface area contributed by atoms with E-state index in [1.54, 1.807) is 0 Å². The van der Waals surface area contributed by atoms with E-state index >= 15 is 0 Å². The van der Waals surface area contributed by atoms with Gasteiger partial charge in [0.05, 0.1) is 6.04 Å². The molecule has 33 heavy (non-hydrogen) atoms. The summed E-state index contributed by atoms with van der Waals surface area (Å²) in [4.78, 5) is 24.7. The van der Waals surface area contributed by atoms with E-state index in [9.17, 15) is 9.59 Å². The molecule has 0 aliphatic heterocycles. The summed E-state index contributed by atoms with van der Waals surface area (Å²) in [5.74, 6) is -1.33. The lowest BCUT2D eigenvalue weighted by atomic mass is 9.98. The number of hydrogen-bond acceptors (Lipinski definition) is 2. The molecule has 0 spiro atoms. The van der Waals surface area contributed by atoms with Gasteiger partial charge in [-0.05, 0) is 35.0 Å². The van der Waals surface area contributed by atoms with Gasteiger partial charge in [-0.1, -0.05) is 115 Å². The normalized spacial score (nSPS) is 11.6. The average Bonchev–Trinajstić information content (AvgIpc) is 2.89. The fraction of sp³-hybridized carbons (Fsp3) is 0.0714. The molecule has 0 fully saturated rings. The van der Waals surface area contributed by atoms with Crippen LogP contribution in [0.4, 0.5) is 0 Å². The van der Waals surface area contributed by atoms with Crippen molar-refractivity contribution in [2.24, 2.45) is 0 Å². The van der Waals surface area contributed by atoms with Gasteiger partial charge < -0.3 is 10.6 Å². The van der Waals surface area contributed by atoms with Crippen molar-refractivity contribution >= 4 is 35.6 Å². The lowest BCUT2D eigenvalue weighted by Crippen LogP contribution is -2.41. The van der Waals surface area contributed by atoms with E-state index in [4.69, 9.17) is 0 Å². The van der Waals surface area contributed by atoms with Crippen LogP contribution in [0.3, 0.4) is 0 Å². The number of hydrogen-bond donors (Lipinski definition) is 2. The lowest BCUT2D eigenvalue weighted by molar-refractivity contribution is -0.139. The largest absolute Gasteiger partial charge is 0.351 e. The summed E-state index contributed by atoms with van der Waals surface area (Å²) in [5.41, 5.74) is 1.89. The van der Waals surface area contributed by atoms with E-state index in [1.165, 1.54) is 17.7 Å². The zero-order chi connectivity index (χ0) is 23.0. The van der Waals surface area contributed by atoms with Crippen molar-refractivity contribution < 1.29 is 9.59 Å². The fourth-order valence-corrected chi connectivity index (χ4v) is 6.30. The van der Waals surface area contributed by atoms with Crippen LogP contribution in [0.5, 0.6) is 0 Å². The van der Waals surface area contributed by atoms with Crippen molar-refractivity contribution in [3.8, 4) is 0 Å². The number of rotatable bonds is 6. The molecule has 1 atom stereocenters. The number of carbonyl (C=O) groups is 2. The summed E-state index contributed by atoms with van der Waals surface area (Å²) in [6.07, 6.45) is 0. The Balaban J connectivity index is 1.88. The van der Waals surface area contributed by atoms with Crippen molar-refractivity contribution in [2.75, 3.05) is 7.05 Å². The molecule has 0 heterocycles. The molecule has 4 aromatic rings. The van der Waals surface area contributed by atoms with Gasteiger partial charge in [-0.25, -0.2) is 0 Å². The quantitative estimate of drug-likeness (QED) is 0.348. The van der Waals surface area contributed by atoms with Gasteiger partial charge in [0.15, 0.2) is 0 Å². The second-order valence-electron chi connectivity index (χ2n) is 7.46. The maximum absolute atomic E-state index is 12.6. The van der Waals surface area contributed by atoms with Gasteiger partial charge in [-0.2, -0.15) is 0 Å². The summed E-state index contributed by atoms with van der Waals surface area (Å²) < 4.78 is 0. The summed E-state index contributed by atoms with van der Waals surface area (Å²) >= 11 is 0. The molecule has 4 aromatic carbocycles. The minimum Gasteiger partial charge on any atom is -0.351 e. The Morgan fingerprint density at radius 1 is 0.636 bits per heavy atom. The predicted octanol–water partition coefficient (Wildman–Crippen LogP) is 3.40. The third-order valence-electron chi connectivity index (χ3n) is 5.36. The van der Waals surface area contributed by atoms with Gasteiger partial charge in [0.25, 0.3) is 0 Å². The van der Waals surface area contributed by atoms with Crippen LogP contribution < -0.4 is 26.5 Å².